The minimum Gasteiger partial charge on any atom is -0.481 e. The van der Waals surface area contributed by atoms with Crippen molar-refractivity contribution in [3.8, 4) is 0 Å². The number of rotatable bonds is 7. The number of aliphatic hydroxyl groups is 2. The molecule has 1 rings (SSSR count). The Hall–Kier alpha value is -2.78. The SMILES string of the molecule is O=C(CO)c1ccccc1.O=C(O)CC(O)(CC(=O)O)C(=O)O. The van der Waals surface area contributed by atoms with E-state index in [0.29, 0.717) is 5.56 Å². The molecule has 0 atom stereocenters. The highest BCUT2D eigenvalue weighted by atomic mass is 16.4. The molecule has 126 valence electrons. The van der Waals surface area contributed by atoms with Gasteiger partial charge in [-0.1, -0.05) is 30.3 Å². The molecule has 0 heterocycles. The van der Waals surface area contributed by atoms with Crippen molar-refractivity contribution >= 4 is 23.7 Å². The van der Waals surface area contributed by atoms with Gasteiger partial charge in [0.15, 0.2) is 11.4 Å². The number of aliphatic hydroxyl groups excluding tert-OH is 1. The van der Waals surface area contributed by atoms with Crippen LogP contribution in [0.1, 0.15) is 23.2 Å². The van der Waals surface area contributed by atoms with Crippen molar-refractivity contribution < 1.29 is 44.7 Å². The normalized spacial score (nSPS) is 10.2. The molecule has 0 saturated heterocycles. The molecule has 9 nitrogen and oxygen atoms in total. The summed E-state index contributed by atoms with van der Waals surface area (Å²) in [6.07, 6.45) is -2.29. The Kier molecular flexibility index (Phi) is 8.16. The highest BCUT2D eigenvalue weighted by Crippen LogP contribution is 2.15. The molecule has 0 spiro atoms. The minimum atomic E-state index is -2.74. The van der Waals surface area contributed by atoms with Crippen molar-refractivity contribution in [2.45, 2.75) is 18.4 Å². The molecule has 0 radical (unpaired) electrons. The van der Waals surface area contributed by atoms with Gasteiger partial charge in [0.05, 0.1) is 12.8 Å². The van der Waals surface area contributed by atoms with Crippen LogP contribution in [0.3, 0.4) is 0 Å². The first-order valence-electron chi connectivity index (χ1n) is 6.21. The lowest BCUT2D eigenvalue weighted by Crippen LogP contribution is -2.42. The fraction of sp³-hybridized carbons (Fsp3) is 0.286. The van der Waals surface area contributed by atoms with Crippen LogP contribution < -0.4 is 0 Å². The Balaban J connectivity index is 0.000000433. The number of aliphatic carboxylic acids is 3. The number of ketones is 1. The lowest BCUT2D eigenvalue weighted by Gasteiger charge is -2.18. The molecule has 0 amide bonds. The average Bonchev–Trinajstić information content (AvgIpc) is 2.46. The Bertz CT molecular complexity index is 549. The lowest BCUT2D eigenvalue weighted by atomic mass is 9.96. The van der Waals surface area contributed by atoms with Gasteiger partial charge >= 0.3 is 17.9 Å². The number of carbonyl (C=O) groups excluding carboxylic acids is 1. The fourth-order valence-electron chi connectivity index (χ4n) is 1.43. The lowest BCUT2D eigenvalue weighted by molar-refractivity contribution is -0.170. The number of Topliss-reactive ketones (excluding diaryl/α,β-unsaturated/α-hetero) is 1. The number of hydrogen-bond acceptors (Lipinski definition) is 6. The van der Waals surface area contributed by atoms with Crippen LogP contribution >= 0.6 is 0 Å². The summed E-state index contributed by atoms with van der Waals surface area (Å²) in [5, 5.41) is 42.2. The van der Waals surface area contributed by atoms with Gasteiger partial charge < -0.3 is 25.5 Å². The first-order valence-corrected chi connectivity index (χ1v) is 6.21. The first-order chi connectivity index (χ1) is 10.6. The second-order valence-corrected chi connectivity index (χ2v) is 4.43. The van der Waals surface area contributed by atoms with Gasteiger partial charge in [-0.2, -0.15) is 0 Å². The molecule has 9 heteroatoms. The molecular weight excluding hydrogens is 312 g/mol. The maximum Gasteiger partial charge on any atom is 0.336 e. The van der Waals surface area contributed by atoms with Gasteiger partial charge in [-0.15, -0.1) is 0 Å². The van der Waals surface area contributed by atoms with Crippen molar-refractivity contribution in [1.29, 1.82) is 0 Å². The van der Waals surface area contributed by atoms with Gasteiger partial charge in [0.2, 0.25) is 0 Å². The molecule has 5 N–H and O–H groups in total. The predicted octanol–water partition coefficient (Wildman–Crippen LogP) is -0.387. The number of carboxylic acid groups (broad SMARTS) is 3. The third kappa shape index (κ3) is 7.69. The van der Waals surface area contributed by atoms with Crippen LogP contribution in [0, 0.1) is 0 Å². The smallest absolute Gasteiger partial charge is 0.336 e. The van der Waals surface area contributed by atoms with Crippen molar-refractivity contribution in [3.63, 3.8) is 0 Å². The van der Waals surface area contributed by atoms with E-state index in [-0.39, 0.29) is 5.78 Å². The molecule has 0 saturated carbocycles. The summed E-state index contributed by atoms with van der Waals surface area (Å²) < 4.78 is 0. The Morgan fingerprint density at radius 3 is 1.61 bits per heavy atom. The number of benzene rings is 1. The van der Waals surface area contributed by atoms with Crippen LogP contribution in [0.15, 0.2) is 30.3 Å². The molecule has 0 bridgehead atoms. The van der Waals surface area contributed by atoms with Crippen LogP contribution in [-0.2, 0) is 14.4 Å². The van der Waals surface area contributed by atoms with Crippen LogP contribution in [-0.4, -0.2) is 61.4 Å². The summed E-state index contributed by atoms with van der Waals surface area (Å²) >= 11 is 0. The fourth-order valence-corrected chi connectivity index (χ4v) is 1.43. The quantitative estimate of drug-likeness (QED) is 0.418. The predicted molar refractivity (Wildman–Crippen MR) is 74.9 cm³/mol. The second kappa shape index (κ2) is 9.28. The summed E-state index contributed by atoms with van der Waals surface area (Å²) in [6, 6.07) is 8.72. The van der Waals surface area contributed by atoms with Gasteiger partial charge in [0.25, 0.3) is 0 Å². The highest BCUT2D eigenvalue weighted by molar-refractivity contribution is 5.96. The standard InChI is InChI=1S/C8H8O2.C6H8O7/c9-6-8(10)7-4-2-1-3-5-7;7-3(8)1-6(13,5(11)12)2-4(9)10/h1-5,9H,6H2;13H,1-2H2,(H,7,8)(H,9,10)(H,11,12). The minimum absolute atomic E-state index is 0.236. The van der Waals surface area contributed by atoms with E-state index in [4.69, 9.17) is 25.5 Å². The van der Waals surface area contributed by atoms with E-state index in [1.54, 1.807) is 24.3 Å². The first kappa shape index (κ1) is 20.2. The van der Waals surface area contributed by atoms with Gasteiger partial charge in [-0.05, 0) is 0 Å². The molecule has 0 aliphatic carbocycles. The Morgan fingerprint density at radius 2 is 1.30 bits per heavy atom. The Morgan fingerprint density at radius 1 is 0.870 bits per heavy atom. The van der Waals surface area contributed by atoms with E-state index in [0.717, 1.165) is 0 Å². The van der Waals surface area contributed by atoms with Crippen molar-refractivity contribution in [2.75, 3.05) is 6.61 Å². The van der Waals surface area contributed by atoms with Crippen LogP contribution in [0.25, 0.3) is 0 Å². The molecule has 0 unspecified atom stereocenters. The zero-order valence-corrected chi connectivity index (χ0v) is 11.9. The molecule has 23 heavy (non-hydrogen) atoms. The van der Waals surface area contributed by atoms with Crippen LogP contribution in [0.5, 0.6) is 0 Å². The van der Waals surface area contributed by atoms with E-state index >= 15 is 0 Å². The van der Waals surface area contributed by atoms with Crippen molar-refractivity contribution in [1.82, 2.24) is 0 Å². The third-order valence-electron chi connectivity index (χ3n) is 2.52. The topological polar surface area (TPSA) is 169 Å². The molecule has 0 aliphatic heterocycles. The van der Waals surface area contributed by atoms with Gasteiger partial charge in [0.1, 0.15) is 6.61 Å². The zero-order chi connectivity index (χ0) is 18.0. The van der Waals surface area contributed by atoms with Crippen molar-refractivity contribution in [3.05, 3.63) is 35.9 Å². The summed E-state index contributed by atoms with van der Waals surface area (Å²) in [6.45, 7) is -0.413. The van der Waals surface area contributed by atoms with E-state index in [2.05, 4.69) is 0 Å². The second-order valence-electron chi connectivity index (χ2n) is 4.43. The maximum absolute atomic E-state index is 10.8. The monoisotopic (exact) mass is 328 g/mol. The largest absolute Gasteiger partial charge is 0.481 e. The van der Waals surface area contributed by atoms with Crippen LogP contribution in [0.2, 0.25) is 0 Å². The molecule has 0 aliphatic rings. The number of carbonyl (C=O) groups is 4. The summed E-state index contributed by atoms with van der Waals surface area (Å²) in [5.41, 5.74) is -2.18. The van der Waals surface area contributed by atoms with Gasteiger partial charge in [-0.3, -0.25) is 14.4 Å². The Labute approximate surface area is 130 Å². The zero-order valence-electron chi connectivity index (χ0n) is 11.9. The average molecular weight is 328 g/mol. The summed E-state index contributed by atoms with van der Waals surface area (Å²) in [5.74, 6) is -5.25. The maximum atomic E-state index is 10.8. The molecule has 1 aromatic carbocycles. The number of hydrogen-bond donors (Lipinski definition) is 5. The molecule has 1 aromatic rings. The van der Waals surface area contributed by atoms with E-state index in [9.17, 15) is 19.2 Å². The van der Waals surface area contributed by atoms with Crippen molar-refractivity contribution in [2.24, 2.45) is 0 Å². The summed E-state index contributed by atoms with van der Waals surface area (Å²) in [4.78, 5) is 41.2. The van der Waals surface area contributed by atoms with E-state index in [1.807, 2.05) is 6.07 Å². The molecule has 0 aromatic heterocycles. The van der Waals surface area contributed by atoms with E-state index < -0.39 is 43.0 Å². The highest BCUT2D eigenvalue weighted by Gasteiger charge is 2.40. The molecule has 0 fully saturated rings. The molecular formula is C14H16O9. The van der Waals surface area contributed by atoms with E-state index in [1.165, 1.54) is 0 Å². The number of carboxylic acids is 3. The van der Waals surface area contributed by atoms with Gasteiger partial charge in [0, 0.05) is 5.56 Å². The van der Waals surface area contributed by atoms with Gasteiger partial charge in [-0.25, -0.2) is 4.79 Å². The summed E-state index contributed by atoms with van der Waals surface area (Å²) in [7, 11) is 0. The third-order valence-corrected chi connectivity index (χ3v) is 2.52. The van der Waals surface area contributed by atoms with Crippen LogP contribution in [0.4, 0.5) is 0 Å².